The highest BCUT2D eigenvalue weighted by Crippen LogP contribution is 2.40. The van der Waals surface area contributed by atoms with Crippen molar-refractivity contribution in [2.45, 2.75) is 0 Å². The Labute approximate surface area is 302 Å². The molecule has 0 atom stereocenters. The summed E-state index contributed by atoms with van der Waals surface area (Å²) in [5.74, 6) is 0.882. The van der Waals surface area contributed by atoms with Gasteiger partial charge in [0.25, 0.3) is 0 Å². The molecule has 0 aliphatic heterocycles. The van der Waals surface area contributed by atoms with Crippen molar-refractivity contribution in [3.63, 3.8) is 0 Å². The first-order valence-corrected chi connectivity index (χ1v) is 17.7. The number of fused-ring (bicyclic) bond motifs is 4. The van der Waals surface area contributed by atoms with Crippen LogP contribution < -0.4 is 4.90 Å². The van der Waals surface area contributed by atoms with Gasteiger partial charge in [0.2, 0.25) is 0 Å². The molecule has 0 radical (unpaired) electrons. The molecule has 0 N–H and O–H groups in total. The zero-order chi connectivity index (χ0) is 34.4. The fourth-order valence-corrected chi connectivity index (χ4v) is 7.56. The van der Waals surface area contributed by atoms with E-state index in [0.29, 0.717) is 0 Å². The smallest absolute Gasteiger partial charge is 0.135 e. The SMILES string of the molecule is c1cc(-c2ccc3cc(N(c4ccc(-c5cccc6ccccc56)cc4)c4ccc5ccccc5c4)ccc3c2)cc(-c2cc3ccccc3o2)c1. The number of benzene rings is 9. The van der Waals surface area contributed by atoms with Gasteiger partial charge in [0, 0.05) is 28.0 Å². The Morgan fingerprint density at radius 1 is 0.308 bits per heavy atom. The number of anilines is 3. The Bertz CT molecular complexity index is 2880. The Balaban J connectivity index is 1.03. The van der Waals surface area contributed by atoms with E-state index in [1.807, 2.05) is 18.2 Å². The van der Waals surface area contributed by atoms with E-state index in [0.717, 1.165) is 44.9 Å². The van der Waals surface area contributed by atoms with Crippen molar-refractivity contribution in [3.05, 3.63) is 200 Å². The number of nitrogens with zero attached hydrogens (tertiary/aromatic N) is 1. The summed E-state index contributed by atoms with van der Waals surface area (Å²) in [6.07, 6.45) is 0. The van der Waals surface area contributed by atoms with Gasteiger partial charge in [0.1, 0.15) is 11.3 Å². The highest BCUT2D eigenvalue weighted by Gasteiger charge is 2.15. The zero-order valence-electron chi connectivity index (χ0n) is 28.4. The largest absolute Gasteiger partial charge is 0.456 e. The van der Waals surface area contributed by atoms with Crippen LogP contribution in [0, 0.1) is 0 Å². The molecule has 0 amide bonds. The molecular weight excluding hydrogens is 631 g/mol. The third-order valence-corrected chi connectivity index (χ3v) is 10.2. The maximum absolute atomic E-state index is 6.19. The topological polar surface area (TPSA) is 16.4 Å². The number of para-hydroxylation sites is 1. The molecule has 10 aromatic rings. The Hall–Kier alpha value is -6.90. The molecule has 1 aromatic heterocycles. The first kappa shape index (κ1) is 30.0. The minimum Gasteiger partial charge on any atom is -0.456 e. The van der Waals surface area contributed by atoms with E-state index in [-0.39, 0.29) is 0 Å². The predicted octanol–water partition coefficient (Wildman–Crippen LogP) is 14.4. The third kappa shape index (κ3) is 5.39. The van der Waals surface area contributed by atoms with Crippen LogP contribution in [-0.2, 0) is 0 Å². The predicted molar refractivity (Wildman–Crippen MR) is 220 cm³/mol. The number of furan rings is 1. The molecule has 0 spiro atoms. The van der Waals surface area contributed by atoms with Gasteiger partial charge in [0.05, 0.1) is 0 Å². The second-order valence-corrected chi connectivity index (χ2v) is 13.4. The molecule has 0 aliphatic rings. The van der Waals surface area contributed by atoms with Crippen LogP contribution in [0.15, 0.2) is 205 Å². The summed E-state index contributed by atoms with van der Waals surface area (Å²) in [5.41, 5.74) is 10.1. The molecule has 1 heterocycles. The molecular formula is C50H33NO. The third-order valence-electron chi connectivity index (χ3n) is 10.2. The molecule has 244 valence electrons. The zero-order valence-corrected chi connectivity index (χ0v) is 28.4. The molecule has 0 saturated heterocycles. The lowest BCUT2D eigenvalue weighted by Crippen LogP contribution is -2.09. The van der Waals surface area contributed by atoms with Crippen molar-refractivity contribution in [1.82, 2.24) is 0 Å². The standard InChI is InChI=1S/C50H33NO/c1-2-11-38-31-45(27-21-34(38)9-1)51(44-25-22-36(23-26-44)48-17-8-13-35-10-3-5-16-47(35)48)46-28-24-40-29-39(19-20-41(40)32-46)37-14-7-15-42(30-37)50-33-43-12-4-6-18-49(43)52-50/h1-33H. The molecule has 2 nitrogen and oxygen atoms in total. The minimum atomic E-state index is 0.882. The van der Waals surface area contributed by atoms with E-state index in [2.05, 4.69) is 187 Å². The molecule has 9 aromatic carbocycles. The van der Waals surface area contributed by atoms with E-state index in [1.54, 1.807) is 0 Å². The van der Waals surface area contributed by atoms with E-state index in [4.69, 9.17) is 4.42 Å². The van der Waals surface area contributed by atoms with Crippen LogP contribution in [0.2, 0.25) is 0 Å². The number of rotatable bonds is 6. The van der Waals surface area contributed by atoms with Gasteiger partial charge in [0.15, 0.2) is 0 Å². The molecule has 0 fully saturated rings. The van der Waals surface area contributed by atoms with Crippen LogP contribution in [0.1, 0.15) is 0 Å². The van der Waals surface area contributed by atoms with Gasteiger partial charge < -0.3 is 9.32 Å². The van der Waals surface area contributed by atoms with Crippen molar-refractivity contribution < 1.29 is 4.42 Å². The highest BCUT2D eigenvalue weighted by molar-refractivity contribution is 5.98. The lowest BCUT2D eigenvalue weighted by Gasteiger charge is -2.26. The first-order chi connectivity index (χ1) is 25.7. The van der Waals surface area contributed by atoms with E-state index in [9.17, 15) is 0 Å². The van der Waals surface area contributed by atoms with E-state index in [1.165, 1.54) is 49.0 Å². The Morgan fingerprint density at radius 3 is 1.69 bits per heavy atom. The summed E-state index contributed by atoms with van der Waals surface area (Å²) in [6, 6.07) is 71.8. The van der Waals surface area contributed by atoms with Crippen molar-refractivity contribution in [3.8, 4) is 33.6 Å². The lowest BCUT2D eigenvalue weighted by molar-refractivity contribution is 0.631. The van der Waals surface area contributed by atoms with Crippen LogP contribution in [0.4, 0.5) is 17.1 Å². The second-order valence-electron chi connectivity index (χ2n) is 13.4. The normalized spacial score (nSPS) is 11.5. The van der Waals surface area contributed by atoms with Crippen LogP contribution in [0.5, 0.6) is 0 Å². The van der Waals surface area contributed by atoms with Crippen molar-refractivity contribution in [2.75, 3.05) is 4.90 Å². The number of hydrogen-bond acceptors (Lipinski definition) is 2. The molecule has 0 bridgehead atoms. The van der Waals surface area contributed by atoms with Crippen LogP contribution in [0.25, 0.3) is 76.9 Å². The summed E-state index contributed by atoms with van der Waals surface area (Å²) in [6.45, 7) is 0. The van der Waals surface area contributed by atoms with Crippen molar-refractivity contribution >= 4 is 60.3 Å². The average molecular weight is 664 g/mol. The summed E-state index contributed by atoms with van der Waals surface area (Å²) in [5, 5.41) is 8.45. The molecule has 52 heavy (non-hydrogen) atoms. The molecule has 2 heteroatoms. The molecule has 10 rings (SSSR count). The van der Waals surface area contributed by atoms with E-state index >= 15 is 0 Å². The van der Waals surface area contributed by atoms with Gasteiger partial charge in [-0.3, -0.25) is 0 Å². The van der Waals surface area contributed by atoms with Crippen LogP contribution in [0.3, 0.4) is 0 Å². The van der Waals surface area contributed by atoms with Crippen molar-refractivity contribution in [2.24, 2.45) is 0 Å². The van der Waals surface area contributed by atoms with Gasteiger partial charge in [-0.1, -0.05) is 140 Å². The van der Waals surface area contributed by atoms with E-state index < -0.39 is 0 Å². The summed E-state index contributed by atoms with van der Waals surface area (Å²) >= 11 is 0. The van der Waals surface area contributed by atoms with Gasteiger partial charge in [-0.15, -0.1) is 0 Å². The van der Waals surface area contributed by atoms with Gasteiger partial charge >= 0.3 is 0 Å². The van der Waals surface area contributed by atoms with Crippen LogP contribution in [-0.4, -0.2) is 0 Å². The van der Waals surface area contributed by atoms with Gasteiger partial charge in [-0.2, -0.15) is 0 Å². The first-order valence-electron chi connectivity index (χ1n) is 17.7. The number of hydrogen-bond donors (Lipinski definition) is 0. The van der Waals surface area contributed by atoms with Gasteiger partial charge in [-0.25, -0.2) is 0 Å². The molecule has 0 unspecified atom stereocenters. The quantitative estimate of drug-likeness (QED) is 0.176. The monoisotopic (exact) mass is 663 g/mol. The second kappa shape index (κ2) is 12.5. The maximum atomic E-state index is 6.19. The molecule has 0 saturated carbocycles. The minimum absolute atomic E-state index is 0.882. The Morgan fingerprint density at radius 2 is 0.865 bits per heavy atom. The fourth-order valence-electron chi connectivity index (χ4n) is 7.56. The van der Waals surface area contributed by atoms with Gasteiger partial charge in [-0.05, 0) is 115 Å². The Kier molecular flexibility index (Phi) is 7.18. The summed E-state index contributed by atoms with van der Waals surface area (Å²) in [7, 11) is 0. The lowest BCUT2D eigenvalue weighted by atomic mass is 9.97. The maximum Gasteiger partial charge on any atom is 0.135 e. The van der Waals surface area contributed by atoms with Crippen molar-refractivity contribution in [1.29, 1.82) is 0 Å². The highest BCUT2D eigenvalue weighted by atomic mass is 16.3. The summed E-state index contributed by atoms with van der Waals surface area (Å²) < 4.78 is 6.19. The van der Waals surface area contributed by atoms with Crippen LogP contribution >= 0.6 is 0 Å². The molecule has 0 aliphatic carbocycles. The average Bonchev–Trinajstić information content (AvgIpc) is 3.66. The fraction of sp³-hybridized carbons (Fsp3) is 0. The summed E-state index contributed by atoms with van der Waals surface area (Å²) in [4.78, 5) is 2.36.